The smallest absolute Gasteiger partial charge is 0.227 e. The minimum Gasteiger partial charge on any atom is -0.611 e. The zero-order valence-corrected chi connectivity index (χ0v) is 19.1. The lowest BCUT2D eigenvalue weighted by molar-refractivity contribution is 0.0903. The molecule has 2 saturated heterocycles. The van der Waals surface area contributed by atoms with E-state index >= 15 is 0 Å². The van der Waals surface area contributed by atoms with Crippen molar-refractivity contribution in [2.75, 3.05) is 42.3 Å². The Bertz CT molecular complexity index is 1160. The molecule has 0 bridgehead atoms. The average Bonchev–Trinajstić information content (AvgIpc) is 3.43. The number of rotatable bonds is 4. The largest absolute Gasteiger partial charge is 0.611 e. The molecule has 1 N–H and O–H groups in total. The van der Waals surface area contributed by atoms with Crippen molar-refractivity contribution < 1.29 is 18.2 Å². The molecule has 1 unspecified atom stereocenters. The van der Waals surface area contributed by atoms with Crippen LogP contribution >= 0.6 is 0 Å². The Morgan fingerprint density at radius 1 is 1.12 bits per heavy atom. The highest BCUT2D eigenvalue weighted by atomic mass is 32.2. The fourth-order valence-electron chi connectivity index (χ4n) is 5.04. The molecule has 3 aliphatic rings. The third kappa shape index (κ3) is 4.04. The maximum Gasteiger partial charge on any atom is 0.227 e. The molecule has 0 saturated carbocycles. The Hall–Kier alpha value is -2.43. The van der Waals surface area contributed by atoms with E-state index in [4.69, 9.17) is 19.2 Å². The molecule has 1 atom stereocenters. The fourth-order valence-corrected chi connectivity index (χ4v) is 6.35. The van der Waals surface area contributed by atoms with Crippen molar-refractivity contribution in [1.29, 1.82) is 0 Å². The van der Waals surface area contributed by atoms with Crippen LogP contribution in [-0.2, 0) is 22.3 Å². The molecule has 1 aromatic carbocycles. The molecule has 33 heavy (non-hydrogen) atoms. The van der Waals surface area contributed by atoms with Crippen LogP contribution in [0.15, 0.2) is 27.6 Å². The van der Waals surface area contributed by atoms with E-state index in [1.807, 2.05) is 0 Å². The van der Waals surface area contributed by atoms with Gasteiger partial charge in [-0.2, -0.15) is 4.98 Å². The predicted octanol–water partition coefficient (Wildman–Crippen LogP) is 3.40. The molecule has 0 spiro atoms. The summed E-state index contributed by atoms with van der Waals surface area (Å²) in [6.45, 7) is 3.00. The lowest BCUT2D eigenvalue weighted by Crippen LogP contribution is -2.35. The summed E-state index contributed by atoms with van der Waals surface area (Å²) in [5.41, 5.74) is 2.34. The van der Waals surface area contributed by atoms with Crippen LogP contribution in [-0.4, -0.2) is 57.8 Å². The van der Waals surface area contributed by atoms with Crippen molar-refractivity contribution in [1.82, 2.24) is 15.1 Å². The van der Waals surface area contributed by atoms with E-state index in [1.54, 1.807) is 6.07 Å². The summed E-state index contributed by atoms with van der Waals surface area (Å²) >= 11 is -1.05. The van der Waals surface area contributed by atoms with Gasteiger partial charge in [-0.05, 0) is 55.1 Å². The number of anilines is 2. The molecular weight excluding hydrogens is 445 g/mol. The Morgan fingerprint density at radius 3 is 2.76 bits per heavy atom. The van der Waals surface area contributed by atoms with Gasteiger partial charge in [-0.15, -0.1) is 0 Å². The molecule has 8 nitrogen and oxygen atoms in total. The topological polar surface area (TPSA) is 99.4 Å². The minimum atomic E-state index is -1.05. The summed E-state index contributed by atoms with van der Waals surface area (Å²) in [4.78, 5) is 12.6. The number of halogens is 1. The van der Waals surface area contributed by atoms with Gasteiger partial charge >= 0.3 is 0 Å². The van der Waals surface area contributed by atoms with Gasteiger partial charge in [0, 0.05) is 50.1 Å². The van der Waals surface area contributed by atoms with Crippen LogP contribution in [0.5, 0.6) is 0 Å². The number of aryl methyl sites for hydroxylation is 1. The van der Waals surface area contributed by atoms with Gasteiger partial charge in [0.2, 0.25) is 10.8 Å². The van der Waals surface area contributed by atoms with E-state index < -0.39 is 11.2 Å². The summed E-state index contributed by atoms with van der Waals surface area (Å²) in [5, 5.41) is 8.54. The predicted molar refractivity (Wildman–Crippen MR) is 123 cm³/mol. The number of benzene rings is 1. The van der Waals surface area contributed by atoms with Crippen molar-refractivity contribution in [3.63, 3.8) is 0 Å². The van der Waals surface area contributed by atoms with Gasteiger partial charge in [-0.1, -0.05) is 5.16 Å². The zero-order chi connectivity index (χ0) is 22.4. The van der Waals surface area contributed by atoms with Crippen LogP contribution in [0.1, 0.15) is 43.0 Å². The Balaban J connectivity index is 1.22. The first-order valence-electron chi connectivity index (χ1n) is 11.6. The second-order valence-corrected chi connectivity index (χ2v) is 10.5. The zero-order valence-electron chi connectivity index (χ0n) is 18.3. The molecule has 0 aliphatic carbocycles. The summed E-state index contributed by atoms with van der Waals surface area (Å²) in [6, 6.07) is 4.80. The van der Waals surface area contributed by atoms with Crippen LogP contribution in [0.4, 0.5) is 16.2 Å². The van der Waals surface area contributed by atoms with Crippen LogP contribution in [0.3, 0.4) is 0 Å². The third-order valence-electron chi connectivity index (χ3n) is 6.86. The van der Waals surface area contributed by atoms with Crippen molar-refractivity contribution in [3.8, 4) is 0 Å². The monoisotopic (exact) mass is 471 g/mol. The highest BCUT2D eigenvalue weighted by Gasteiger charge is 2.34. The number of piperidine rings is 1. The van der Waals surface area contributed by atoms with Gasteiger partial charge in [-0.25, -0.2) is 9.37 Å². The number of hydrogen-bond acceptors (Lipinski definition) is 8. The highest BCUT2D eigenvalue weighted by molar-refractivity contribution is 7.91. The second-order valence-electron chi connectivity index (χ2n) is 8.95. The molecule has 174 valence electrons. The van der Waals surface area contributed by atoms with E-state index in [0.29, 0.717) is 23.7 Å². The van der Waals surface area contributed by atoms with Crippen molar-refractivity contribution in [3.05, 3.63) is 35.4 Å². The lowest BCUT2D eigenvalue weighted by Gasteiger charge is -2.32. The average molecular weight is 472 g/mol. The van der Waals surface area contributed by atoms with E-state index in [-0.39, 0.29) is 17.8 Å². The number of nitrogens with one attached hydrogen (secondary N) is 1. The maximum atomic E-state index is 13.8. The number of fused-ring (bicyclic) bond motifs is 2. The van der Waals surface area contributed by atoms with Gasteiger partial charge in [0.1, 0.15) is 17.3 Å². The SMILES string of the molecule is [O-][S+]1CCc2nc(N3CCC(c4noc5ccc(F)cc45)CC3)nc(NC3CCOCC3)c21. The van der Waals surface area contributed by atoms with Gasteiger partial charge in [0.25, 0.3) is 0 Å². The Morgan fingerprint density at radius 2 is 1.94 bits per heavy atom. The first kappa shape index (κ1) is 21.1. The van der Waals surface area contributed by atoms with Crippen LogP contribution in [0, 0.1) is 5.82 Å². The summed E-state index contributed by atoms with van der Waals surface area (Å²) in [5.74, 6) is 1.94. The van der Waals surface area contributed by atoms with E-state index in [2.05, 4.69) is 15.4 Å². The minimum absolute atomic E-state index is 0.200. The van der Waals surface area contributed by atoms with Gasteiger partial charge in [-0.3, -0.25) is 0 Å². The third-order valence-corrected chi connectivity index (χ3v) is 8.32. The number of hydrogen-bond donors (Lipinski definition) is 1. The van der Waals surface area contributed by atoms with E-state index in [0.717, 1.165) is 79.5 Å². The first-order chi connectivity index (χ1) is 16.2. The number of nitrogens with zero attached hydrogens (tertiary/aromatic N) is 4. The molecule has 0 radical (unpaired) electrons. The summed E-state index contributed by atoms with van der Waals surface area (Å²) < 4.78 is 37.3. The number of aromatic nitrogens is 3. The maximum absolute atomic E-state index is 13.8. The molecular formula is C23H26FN5O3S. The summed E-state index contributed by atoms with van der Waals surface area (Å²) in [6.07, 6.45) is 4.25. The quantitative estimate of drug-likeness (QED) is 0.578. The lowest BCUT2D eigenvalue weighted by atomic mass is 9.92. The normalized spacial score (nSPS) is 22.1. The Kier molecular flexibility index (Phi) is 5.59. The second kappa shape index (κ2) is 8.73. The molecule has 3 aromatic rings. The Labute approximate surface area is 194 Å². The van der Waals surface area contributed by atoms with Crippen molar-refractivity contribution in [2.24, 2.45) is 0 Å². The molecule has 2 fully saturated rings. The standard InChI is InChI=1S/C23H26FN5O3S/c24-15-1-2-19-17(13-15)20(28-32-19)14-3-8-29(9-4-14)23-26-18-7-12-33(30)21(18)22(27-23)25-16-5-10-31-11-6-16/h1-2,13-14,16H,3-12H2,(H,25,26,27). The molecule has 3 aliphatic heterocycles. The van der Waals surface area contributed by atoms with Crippen LogP contribution in [0.2, 0.25) is 0 Å². The van der Waals surface area contributed by atoms with Crippen molar-refractivity contribution >= 4 is 33.9 Å². The molecule has 6 rings (SSSR count). The summed E-state index contributed by atoms with van der Waals surface area (Å²) in [7, 11) is 0. The highest BCUT2D eigenvalue weighted by Crippen LogP contribution is 2.36. The fraction of sp³-hybridized carbons (Fsp3) is 0.522. The van der Waals surface area contributed by atoms with Gasteiger partial charge < -0.3 is 24.0 Å². The first-order valence-corrected chi connectivity index (χ1v) is 12.9. The van der Waals surface area contributed by atoms with Crippen molar-refractivity contribution in [2.45, 2.75) is 49.0 Å². The van der Waals surface area contributed by atoms with Crippen LogP contribution < -0.4 is 10.2 Å². The van der Waals surface area contributed by atoms with Gasteiger partial charge in [0.15, 0.2) is 11.4 Å². The van der Waals surface area contributed by atoms with E-state index in [9.17, 15) is 8.94 Å². The van der Waals surface area contributed by atoms with Gasteiger partial charge in [0.05, 0.1) is 5.69 Å². The van der Waals surface area contributed by atoms with E-state index in [1.165, 1.54) is 12.1 Å². The molecule has 10 heteroatoms. The number of ether oxygens (including phenoxy) is 1. The van der Waals surface area contributed by atoms with Crippen LogP contribution in [0.25, 0.3) is 11.0 Å². The molecule has 0 amide bonds. The molecule has 5 heterocycles. The molecule has 2 aromatic heterocycles.